The maximum atomic E-state index is 11.1. The normalized spacial score (nSPS) is 11.4. The van der Waals surface area contributed by atoms with Crippen molar-refractivity contribution in [1.29, 1.82) is 0 Å². The van der Waals surface area contributed by atoms with Crippen molar-refractivity contribution in [2.75, 3.05) is 0 Å². The second-order valence-corrected chi connectivity index (χ2v) is 7.04. The number of hydrogen-bond acceptors (Lipinski definition) is 3. The van der Waals surface area contributed by atoms with E-state index in [1.807, 2.05) is 30.3 Å². The number of rotatable bonds is 3. The van der Waals surface area contributed by atoms with Gasteiger partial charge in [-0.05, 0) is 36.4 Å². The standard InChI is InChI=1S/C12H9ClO2S2/c13-17(14,15)12-8-6-11(7-9-12)16-10-4-2-1-3-5-10/h1-9H. The van der Waals surface area contributed by atoms with Crippen LogP contribution in [0.3, 0.4) is 0 Å². The maximum Gasteiger partial charge on any atom is 0.261 e. The molecule has 0 spiro atoms. The third-order valence-electron chi connectivity index (χ3n) is 2.08. The van der Waals surface area contributed by atoms with Gasteiger partial charge in [-0.3, -0.25) is 0 Å². The summed E-state index contributed by atoms with van der Waals surface area (Å²) in [5, 5.41) is 0. The maximum absolute atomic E-state index is 11.1. The van der Waals surface area contributed by atoms with Crippen LogP contribution in [0.15, 0.2) is 69.3 Å². The van der Waals surface area contributed by atoms with E-state index in [1.54, 1.807) is 23.9 Å². The first-order valence-corrected chi connectivity index (χ1v) is 7.96. The van der Waals surface area contributed by atoms with Crippen molar-refractivity contribution >= 4 is 31.5 Å². The van der Waals surface area contributed by atoms with Crippen molar-refractivity contribution in [2.24, 2.45) is 0 Å². The van der Waals surface area contributed by atoms with Crippen LogP contribution in [0.5, 0.6) is 0 Å². The number of halogens is 1. The lowest BCUT2D eigenvalue weighted by Gasteiger charge is -2.02. The fourth-order valence-corrected chi connectivity index (χ4v) is 2.90. The van der Waals surface area contributed by atoms with Crippen molar-refractivity contribution < 1.29 is 8.42 Å². The number of benzene rings is 2. The summed E-state index contributed by atoms with van der Waals surface area (Å²) < 4.78 is 22.1. The summed E-state index contributed by atoms with van der Waals surface area (Å²) in [4.78, 5) is 2.20. The molecule has 0 aliphatic rings. The summed E-state index contributed by atoms with van der Waals surface area (Å²) in [6.07, 6.45) is 0. The van der Waals surface area contributed by atoms with Crippen LogP contribution in [0.4, 0.5) is 0 Å². The second kappa shape index (κ2) is 5.12. The lowest BCUT2D eigenvalue weighted by Crippen LogP contribution is -1.89. The van der Waals surface area contributed by atoms with E-state index in [1.165, 1.54) is 12.1 Å². The zero-order valence-electron chi connectivity index (χ0n) is 8.71. The van der Waals surface area contributed by atoms with E-state index in [0.29, 0.717) is 0 Å². The smallest absolute Gasteiger partial charge is 0.207 e. The zero-order chi connectivity index (χ0) is 12.3. The van der Waals surface area contributed by atoms with Crippen molar-refractivity contribution in [1.82, 2.24) is 0 Å². The highest BCUT2D eigenvalue weighted by Gasteiger charge is 2.08. The Hall–Kier alpha value is -0.970. The highest BCUT2D eigenvalue weighted by molar-refractivity contribution is 8.13. The van der Waals surface area contributed by atoms with E-state index in [0.717, 1.165) is 9.79 Å². The molecular formula is C12H9ClO2S2. The molecule has 0 aromatic heterocycles. The molecule has 0 atom stereocenters. The largest absolute Gasteiger partial charge is 0.261 e. The predicted molar refractivity (Wildman–Crippen MR) is 70.0 cm³/mol. The van der Waals surface area contributed by atoms with E-state index in [-0.39, 0.29) is 4.90 Å². The predicted octanol–water partition coefficient (Wildman–Crippen LogP) is 3.77. The van der Waals surface area contributed by atoms with Gasteiger partial charge in [-0.25, -0.2) is 8.42 Å². The van der Waals surface area contributed by atoms with Gasteiger partial charge in [0.15, 0.2) is 0 Å². The van der Waals surface area contributed by atoms with Crippen LogP contribution in [0, 0.1) is 0 Å². The van der Waals surface area contributed by atoms with Gasteiger partial charge < -0.3 is 0 Å². The average Bonchev–Trinajstić information content (AvgIpc) is 2.30. The SMILES string of the molecule is O=S(=O)(Cl)c1ccc(Sc2ccccc2)cc1. The first-order chi connectivity index (χ1) is 8.05. The van der Waals surface area contributed by atoms with E-state index in [9.17, 15) is 8.42 Å². The molecule has 17 heavy (non-hydrogen) atoms. The van der Waals surface area contributed by atoms with Gasteiger partial charge >= 0.3 is 0 Å². The van der Waals surface area contributed by atoms with Crippen molar-refractivity contribution in [3.05, 3.63) is 54.6 Å². The minimum Gasteiger partial charge on any atom is -0.207 e. The summed E-state index contributed by atoms with van der Waals surface area (Å²) in [6, 6.07) is 16.4. The van der Waals surface area contributed by atoms with Crippen LogP contribution in [0.2, 0.25) is 0 Å². The third-order valence-corrected chi connectivity index (χ3v) is 4.47. The van der Waals surface area contributed by atoms with Crippen molar-refractivity contribution in [3.8, 4) is 0 Å². The van der Waals surface area contributed by atoms with Crippen LogP contribution < -0.4 is 0 Å². The summed E-state index contributed by atoms with van der Waals surface area (Å²) in [5.74, 6) is 0. The first kappa shape index (κ1) is 12.5. The van der Waals surface area contributed by atoms with Crippen molar-refractivity contribution in [2.45, 2.75) is 14.7 Å². The fraction of sp³-hybridized carbons (Fsp3) is 0. The Morgan fingerprint density at radius 1 is 0.824 bits per heavy atom. The lowest BCUT2D eigenvalue weighted by molar-refractivity contribution is 0.609. The zero-order valence-corrected chi connectivity index (χ0v) is 11.1. The molecule has 2 nitrogen and oxygen atoms in total. The fourth-order valence-electron chi connectivity index (χ4n) is 1.29. The highest BCUT2D eigenvalue weighted by atomic mass is 35.7. The molecule has 0 saturated heterocycles. The molecule has 2 aromatic rings. The Bertz CT molecular complexity index is 592. The van der Waals surface area contributed by atoms with E-state index in [2.05, 4.69) is 0 Å². The third kappa shape index (κ3) is 3.49. The number of hydrogen-bond donors (Lipinski definition) is 0. The quantitative estimate of drug-likeness (QED) is 0.805. The van der Waals surface area contributed by atoms with Crippen LogP contribution in [-0.2, 0) is 9.05 Å². The second-order valence-electron chi connectivity index (χ2n) is 3.32. The molecule has 0 fully saturated rings. The van der Waals surface area contributed by atoms with Crippen LogP contribution >= 0.6 is 22.4 Å². The molecule has 0 heterocycles. The first-order valence-electron chi connectivity index (χ1n) is 4.83. The Morgan fingerprint density at radius 2 is 1.35 bits per heavy atom. The van der Waals surface area contributed by atoms with Gasteiger partial charge in [-0.2, -0.15) is 0 Å². The molecule has 0 aliphatic heterocycles. The van der Waals surface area contributed by atoms with Crippen LogP contribution in [-0.4, -0.2) is 8.42 Å². The molecule has 2 rings (SSSR count). The minimum absolute atomic E-state index is 0.122. The Balaban J connectivity index is 2.20. The molecule has 0 N–H and O–H groups in total. The molecular weight excluding hydrogens is 276 g/mol. The van der Waals surface area contributed by atoms with E-state index < -0.39 is 9.05 Å². The van der Waals surface area contributed by atoms with Gasteiger partial charge in [-0.1, -0.05) is 30.0 Å². The Labute approximate surface area is 109 Å². The van der Waals surface area contributed by atoms with Gasteiger partial charge in [0.2, 0.25) is 0 Å². The summed E-state index contributed by atoms with van der Waals surface area (Å²) in [7, 11) is 1.61. The van der Waals surface area contributed by atoms with Gasteiger partial charge in [-0.15, -0.1) is 0 Å². The van der Waals surface area contributed by atoms with Gasteiger partial charge in [0.25, 0.3) is 9.05 Å². The minimum atomic E-state index is -3.63. The molecule has 5 heteroatoms. The molecule has 0 radical (unpaired) electrons. The van der Waals surface area contributed by atoms with Crippen LogP contribution in [0.1, 0.15) is 0 Å². The highest BCUT2D eigenvalue weighted by Crippen LogP contribution is 2.28. The molecule has 0 unspecified atom stereocenters. The van der Waals surface area contributed by atoms with E-state index in [4.69, 9.17) is 10.7 Å². The monoisotopic (exact) mass is 284 g/mol. The summed E-state index contributed by atoms with van der Waals surface area (Å²) >= 11 is 1.57. The molecule has 0 saturated carbocycles. The summed E-state index contributed by atoms with van der Waals surface area (Å²) in [5.41, 5.74) is 0. The Kier molecular flexibility index (Phi) is 3.76. The Morgan fingerprint density at radius 3 is 1.88 bits per heavy atom. The molecule has 2 aromatic carbocycles. The molecule has 0 amide bonds. The topological polar surface area (TPSA) is 34.1 Å². The summed E-state index contributed by atoms with van der Waals surface area (Å²) in [6.45, 7) is 0. The van der Waals surface area contributed by atoms with Gasteiger partial charge in [0.1, 0.15) is 0 Å². The molecule has 0 bridgehead atoms. The lowest BCUT2D eigenvalue weighted by atomic mass is 10.4. The van der Waals surface area contributed by atoms with Gasteiger partial charge in [0.05, 0.1) is 4.90 Å². The van der Waals surface area contributed by atoms with E-state index >= 15 is 0 Å². The van der Waals surface area contributed by atoms with Gasteiger partial charge in [0, 0.05) is 20.5 Å². The van der Waals surface area contributed by atoms with Crippen molar-refractivity contribution in [3.63, 3.8) is 0 Å². The van der Waals surface area contributed by atoms with Crippen LogP contribution in [0.25, 0.3) is 0 Å². The molecule has 88 valence electrons. The molecule has 0 aliphatic carbocycles. The average molecular weight is 285 g/mol.